The number of fused-ring (bicyclic) bond motifs is 29. The van der Waals surface area contributed by atoms with E-state index in [1.165, 1.54) is 125 Å². The van der Waals surface area contributed by atoms with Gasteiger partial charge in [-0.15, -0.1) is 0 Å². The molecule has 0 saturated carbocycles. The Morgan fingerprint density at radius 3 is 1.09 bits per heavy atom. The highest BCUT2D eigenvalue weighted by molar-refractivity contribution is 7.99. The second-order valence-corrected chi connectivity index (χ2v) is 34.8. The van der Waals surface area contributed by atoms with Crippen molar-refractivity contribution in [3.8, 4) is 102 Å². The van der Waals surface area contributed by atoms with Crippen LogP contribution in [0.3, 0.4) is 0 Å². The molecule has 9 nitrogen and oxygen atoms in total. The van der Waals surface area contributed by atoms with Gasteiger partial charge in [-0.1, -0.05) is 351 Å². The quantitative estimate of drug-likeness (QED) is 0.151. The van der Waals surface area contributed by atoms with E-state index in [2.05, 4.69) is 407 Å². The Balaban J connectivity index is 0.000000132. The highest BCUT2D eigenvalue weighted by Gasteiger charge is 2.53. The molecule has 0 amide bonds. The normalized spacial score (nSPS) is 14.8. The molecule has 0 N–H and O–H groups in total. The van der Waals surface area contributed by atoms with Gasteiger partial charge in [-0.3, -0.25) is 0 Å². The molecular formula is C118H72N8OS. The highest BCUT2D eigenvalue weighted by atomic mass is 32.2. The predicted molar refractivity (Wildman–Crippen MR) is 522 cm³/mol. The maximum atomic E-state index is 7.33. The van der Waals surface area contributed by atoms with E-state index in [-0.39, 0.29) is 0 Å². The van der Waals surface area contributed by atoms with Crippen molar-refractivity contribution in [2.75, 3.05) is 0 Å². The van der Waals surface area contributed by atoms with Gasteiger partial charge in [0.1, 0.15) is 5.75 Å². The molecule has 2 unspecified atom stereocenters. The lowest BCUT2D eigenvalue weighted by Crippen LogP contribution is -2.37. The molecule has 0 saturated heterocycles. The van der Waals surface area contributed by atoms with E-state index in [0.29, 0.717) is 11.6 Å². The fraction of sp³-hybridized carbons (Fsp3) is 0.0169. The third-order valence-electron chi connectivity index (χ3n) is 27.2. The SMILES string of the molecule is c1ccc(-c2cc(-c3ccc(-n4c5ccccc5c5cc6c(cc54)Sc4ccccc4C64c5ccccc5-n5c6ccccc6c6cccc4c65)cc3)nc(-c3ccccc3)n2)cc1.c1ccc(-c2cc(-c3ccc(-n4c5ccccc5c5ccc6c(c54)Oc4ccccc4C64c5ccccc5-n5c6ccccc6c6cccc4c65)cc3)nc(-c3ccccc3)n2)cc1. The van der Waals surface area contributed by atoms with Crippen molar-refractivity contribution in [2.24, 2.45) is 0 Å². The number of hydrogen-bond donors (Lipinski definition) is 0. The summed E-state index contributed by atoms with van der Waals surface area (Å²) in [4.78, 5) is 22.9. The lowest BCUT2D eigenvalue weighted by Gasteiger charge is -2.45. The van der Waals surface area contributed by atoms with Crippen molar-refractivity contribution in [1.29, 1.82) is 0 Å². The number of aromatic nitrogens is 8. The fourth-order valence-electron chi connectivity index (χ4n) is 21.9. The lowest BCUT2D eigenvalue weighted by molar-refractivity contribution is 0.438. The molecule has 2 spiro atoms. The minimum absolute atomic E-state index is 0.550. The maximum absolute atomic E-state index is 7.33. The van der Waals surface area contributed by atoms with Gasteiger partial charge in [-0.25, -0.2) is 19.9 Å². The van der Waals surface area contributed by atoms with Gasteiger partial charge in [-0.2, -0.15) is 0 Å². The summed E-state index contributed by atoms with van der Waals surface area (Å²) < 4.78 is 17.2. The van der Waals surface area contributed by atoms with Gasteiger partial charge in [0.15, 0.2) is 17.4 Å². The van der Waals surface area contributed by atoms with Crippen molar-refractivity contribution in [3.63, 3.8) is 0 Å². The van der Waals surface area contributed by atoms with Crippen LogP contribution in [0.1, 0.15) is 44.5 Å². The number of ether oxygens (including phenoxy) is 1. The van der Waals surface area contributed by atoms with Crippen molar-refractivity contribution >= 4 is 99.0 Å². The Morgan fingerprint density at radius 2 is 0.578 bits per heavy atom. The highest BCUT2D eigenvalue weighted by Crippen LogP contribution is 2.64. The van der Waals surface area contributed by atoms with Crippen molar-refractivity contribution < 1.29 is 4.74 Å². The molecule has 4 aliphatic heterocycles. The summed E-state index contributed by atoms with van der Waals surface area (Å²) in [6.45, 7) is 0. The van der Waals surface area contributed by atoms with Crippen LogP contribution in [0.25, 0.3) is 178 Å². The number of para-hydroxylation sites is 9. The van der Waals surface area contributed by atoms with Gasteiger partial charge in [0.2, 0.25) is 0 Å². The lowest BCUT2D eigenvalue weighted by atomic mass is 9.61. The molecule has 2 atom stereocenters. The van der Waals surface area contributed by atoms with E-state index in [4.69, 9.17) is 24.7 Å². The molecular weight excluding hydrogens is 1580 g/mol. The largest absolute Gasteiger partial charge is 0.454 e. The Kier molecular flexibility index (Phi) is 15.7. The van der Waals surface area contributed by atoms with Crippen LogP contribution in [0.5, 0.6) is 11.5 Å². The summed E-state index contributed by atoms with van der Waals surface area (Å²) in [7, 11) is 0. The molecule has 6 aromatic heterocycles. The first-order valence-corrected chi connectivity index (χ1v) is 44.5. The van der Waals surface area contributed by atoms with E-state index in [1.807, 2.05) is 60.3 Å². The Labute approximate surface area is 740 Å². The third-order valence-corrected chi connectivity index (χ3v) is 28.3. The molecule has 18 aromatic carbocycles. The number of hydrogen-bond acceptors (Lipinski definition) is 6. The minimum atomic E-state index is -0.677. The summed E-state index contributed by atoms with van der Waals surface area (Å²) in [6, 6.07) is 158. The number of rotatable bonds is 8. The van der Waals surface area contributed by atoms with Crippen LogP contribution in [0.15, 0.2) is 447 Å². The van der Waals surface area contributed by atoms with Gasteiger partial charge >= 0.3 is 0 Å². The summed E-state index contributed by atoms with van der Waals surface area (Å²) in [5.74, 6) is 3.13. The average molecular weight is 1650 g/mol. The van der Waals surface area contributed by atoms with E-state index in [0.717, 1.165) is 107 Å². The van der Waals surface area contributed by atoms with Crippen molar-refractivity contribution in [2.45, 2.75) is 20.6 Å². The average Bonchev–Trinajstić information content (AvgIpc) is 1.27. The zero-order chi connectivity index (χ0) is 83.9. The van der Waals surface area contributed by atoms with Crippen LogP contribution in [-0.2, 0) is 10.8 Å². The van der Waals surface area contributed by atoms with Crippen molar-refractivity contribution in [3.05, 3.63) is 481 Å². The molecule has 24 aromatic rings. The van der Waals surface area contributed by atoms with Gasteiger partial charge < -0.3 is 23.0 Å². The Bertz CT molecular complexity index is 8640. The van der Waals surface area contributed by atoms with Crippen LogP contribution in [0, 0.1) is 0 Å². The van der Waals surface area contributed by atoms with Crippen LogP contribution < -0.4 is 4.74 Å². The van der Waals surface area contributed by atoms with E-state index in [1.54, 1.807) is 0 Å². The summed E-state index contributed by atoms with van der Waals surface area (Å²) in [5, 5.41) is 9.85. The molecule has 0 radical (unpaired) electrons. The molecule has 596 valence electrons. The molecule has 128 heavy (non-hydrogen) atoms. The standard InChI is InChI=1S/C59H36N4O.C59H36N4S/c1-3-16-37(17-4-1)49-36-50(61-58(60-49)39-18-5-2-6-19-39)38-30-32-40(33-31-38)62-51-26-11-7-21-42(51)44-34-35-48-57(56(44)62)64-54-29-14-10-24-46(54)59(48)45-23-9-13-28-53(45)63-52-27-12-8-20-41(52)43-22-15-25-47(59)55(43)63;1-3-16-37(17-4-1)49-35-50(61-58(60-49)39-18-5-2-6-19-39)38-30-32-40(33-31-38)62-51-26-11-8-21-42(51)44-34-48-56(36-54(44)62)64-55-29-14-10-24-46(55)59(48)45-23-9-13-28-53(45)63-52-27-12-7-20-41(52)43-22-15-25-47(59)57(43)63/h2*1-36H. The number of benzene rings is 18. The minimum Gasteiger partial charge on any atom is -0.454 e. The molecule has 10 heterocycles. The second kappa shape index (κ2) is 28.0. The van der Waals surface area contributed by atoms with E-state index >= 15 is 0 Å². The molecule has 28 rings (SSSR count). The first kappa shape index (κ1) is 72.0. The predicted octanol–water partition coefficient (Wildman–Crippen LogP) is 29.3. The van der Waals surface area contributed by atoms with Gasteiger partial charge in [-0.05, 0) is 130 Å². The third kappa shape index (κ3) is 10.4. The molecule has 0 aliphatic carbocycles. The molecule has 4 aliphatic rings. The van der Waals surface area contributed by atoms with Crippen molar-refractivity contribution in [1.82, 2.24) is 38.2 Å². The van der Waals surface area contributed by atoms with Crippen LogP contribution >= 0.6 is 11.8 Å². The van der Waals surface area contributed by atoms with E-state index < -0.39 is 10.8 Å². The van der Waals surface area contributed by atoms with E-state index in [9.17, 15) is 0 Å². The Hall–Kier alpha value is -16.5. The molecule has 10 heteroatoms. The second-order valence-electron chi connectivity index (χ2n) is 33.7. The number of nitrogens with zero attached hydrogens (tertiary/aromatic N) is 8. The zero-order valence-corrected chi connectivity index (χ0v) is 69.8. The van der Waals surface area contributed by atoms with Crippen LogP contribution in [-0.4, -0.2) is 38.2 Å². The van der Waals surface area contributed by atoms with Crippen LogP contribution in [0.4, 0.5) is 0 Å². The Morgan fingerprint density at radius 1 is 0.211 bits per heavy atom. The first-order valence-electron chi connectivity index (χ1n) is 43.7. The monoisotopic (exact) mass is 1650 g/mol. The zero-order valence-electron chi connectivity index (χ0n) is 69.0. The summed E-state index contributed by atoms with van der Waals surface area (Å²) in [6.07, 6.45) is 0. The summed E-state index contributed by atoms with van der Waals surface area (Å²) in [5.41, 5.74) is 32.5. The van der Waals surface area contributed by atoms with Gasteiger partial charge in [0, 0.05) is 109 Å². The maximum Gasteiger partial charge on any atom is 0.160 e. The van der Waals surface area contributed by atoms with Crippen LogP contribution in [0.2, 0.25) is 0 Å². The summed E-state index contributed by atoms with van der Waals surface area (Å²) >= 11 is 1.89. The molecule has 0 bridgehead atoms. The van der Waals surface area contributed by atoms with Gasteiger partial charge in [0.25, 0.3) is 0 Å². The smallest absolute Gasteiger partial charge is 0.160 e. The molecule has 0 fully saturated rings. The fourth-order valence-corrected chi connectivity index (χ4v) is 23.1. The van der Waals surface area contributed by atoms with Gasteiger partial charge in [0.05, 0.1) is 89.1 Å². The first-order chi connectivity index (χ1) is 63.5. The topological polar surface area (TPSA) is 80.5 Å².